The highest BCUT2D eigenvalue weighted by Gasteiger charge is 2.10. The number of carbonyl (C=O) groups is 1. The summed E-state index contributed by atoms with van der Waals surface area (Å²) >= 11 is 5.92. The van der Waals surface area contributed by atoms with Crippen molar-refractivity contribution in [3.8, 4) is 17.1 Å². The molecule has 6 nitrogen and oxygen atoms in total. The molecule has 0 bridgehead atoms. The smallest absolute Gasteiger partial charge is 0.271 e. The predicted octanol–water partition coefficient (Wildman–Crippen LogP) is 4.35. The molecule has 0 fully saturated rings. The number of phenolic OH excluding ortho intramolecular Hbond substituents is 1. The minimum absolute atomic E-state index is 0.0918. The van der Waals surface area contributed by atoms with Gasteiger partial charge in [0, 0.05) is 21.7 Å². The molecule has 138 valence electrons. The normalized spacial score (nSPS) is 11.2. The molecular formula is C21H15ClN4O2. The van der Waals surface area contributed by atoms with Crippen LogP contribution in [-0.4, -0.2) is 27.2 Å². The predicted molar refractivity (Wildman–Crippen MR) is 110 cm³/mol. The van der Waals surface area contributed by atoms with Crippen molar-refractivity contribution in [2.24, 2.45) is 5.10 Å². The second-order valence-electron chi connectivity index (χ2n) is 6.08. The molecule has 0 saturated carbocycles. The molecule has 1 heterocycles. The quantitative estimate of drug-likeness (QED) is 0.357. The van der Waals surface area contributed by atoms with Crippen molar-refractivity contribution in [2.75, 3.05) is 0 Å². The summed E-state index contributed by atoms with van der Waals surface area (Å²) in [6.07, 6.45) is 1.39. The Labute approximate surface area is 165 Å². The van der Waals surface area contributed by atoms with Crippen LogP contribution in [0.3, 0.4) is 0 Å². The van der Waals surface area contributed by atoms with Gasteiger partial charge in [0.2, 0.25) is 0 Å². The van der Waals surface area contributed by atoms with Gasteiger partial charge in [0.15, 0.2) is 0 Å². The fourth-order valence-electron chi connectivity index (χ4n) is 2.72. The van der Waals surface area contributed by atoms with Gasteiger partial charge in [0.25, 0.3) is 5.91 Å². The van der Waals surface area contributed by atoms with E-state index in [4.69, 9.17) is 11.6 Å². The highest BCUT2D eigenvalue weighted by Crippen LogP contribution is 2.23. The fraction of sp³-hybridized carbons (Fsp3) is 0. The maximum atomic E-state index is 12.3. The van der Waals surface area contributed by atoms with E-state index in [2.05, 4.69) is 20.5 Å². The zero-order valence-corrected chi connectivity index (χ0v) is 15.3. The summed E-state index contributed by atoms with van der Waals surface area (Å²) in [4.78, 5) is 20.1. The summed E-state index contributed by atoms with van der Waals surface area (Å²) < 4.78 is 0. The molecule has 28 heavy (non-hydrogen) atoms. The third kappa shape index (κ3) is 3.72. The second-order valence-corrected chi connectivity index (χ2v) is 6.52. The molecule has 3 aromatic carbocycles. The number of aromatic nitrogens is 2. The zero-order valence-electron chi connectivity index (χ0n) is 14.6. The Morgan fingerprint density at radius 3 is 2.68 bits per heavy atom. The van der Waals surface area contributed by atoms with Crippen molar-refractivity contribution in [1.29, 1.82) is 0 Å². The van der Waals surface area contributed by atoms with Crippen molar-refractivity contribution in [3.05, 3.63) is 82.9 Å². The minimum atomic E-state index is -0.365. The van der Waals surface area contributed by atoms with E-state index in [9.17, 15) is 9.90 Å². The highest BCUT2D eigenvalue weighted by atomic mass is 35.5. The Kier molecular flexibility index (Phi) is 4.78. The molecule has 1 amide bonds. The monoisotopic (exact) mass is 390 g/mol. The number of nitrogens with zero attached hydrogens (tertiary/aromatic N) is 2. The number of hydrogen-bond acceptors (Lipinski definition) is 4. The van der Waals surface area contributed by atoms with Crippen LogP contribution in [0.15, 0.2) is 71.8 Å². The summed E-state index contributed by atoms with van der Waals surface area (Å²) in [6.45, 7) is 0. The number of H-pyrrole nitrogens is 1. The molecule has 7 heteroatoms. The van der Waals surface area contributed by atoms with Crippen LogP contribution in [-0.2, 0) is 0 Å². The number of halogens is 1. The van der Waals surface area contributed by atoms with Crippen molar-refractivity contribution in [1.82, 2.24) is 15.4 Å². The van der Waals surface area contributed by atoms with Gasteiger partial charge in [0.1, 0.15) is 11.6 Å². The topological polar surface area (TPSA) is 90.4 Å². The maximum Gasteiger partial charge on any atom is 0.271 e. The molecule has 0 radical (unpaired) electrons. The van der Waals surface area contributed by atoms with E-state index in [1.54, 1.807) is 54.6 Å². The first kappa shape index (κ1) is 17.8. The van der Waals surface area contributed by atoms with Gasteiger partial charge in [-0.1, -0.05) is 23.7 Å². The van der Waals surface area contributed by atoms with Gasteiger partial charge in [-0.25, -0.2) is 10.4 Å². The lowest BCUT2D eigenvalue weighted by atomic mass is 10.2. The average Bonchev–Trinajstić information content (AvgIpc) is 3.13. The number of hydrazone groups is 1. The Hall–Kier alpha value is -3.64. The van der Waals surface area contributed by atoms with Gasteiger partial charge in [-0.05, 0) is 54.6 Å². The first-order valence-electron chi connectivity index (χ1n) is 8.47. The van der Waals surface area contributed by atoms with E-state index in [1.807, 2.05) is 12.1 Å². The molecule has 0 spiro atoms. The number of nitrogens with one attached hydrogen (secondary N) is 2. The van der Waals surface area contributed by atoms with E-state index in [0.29, 0.717) is 22.0 Å². The number of amides is 1. The number of fused-ring (bicyclic) bond motifs is 1. The summed E-state index contributed by atoms with van der Waals surface area (Å²) in [5.41, 5.74) is 5.80. The standard InChI is InChI=1S/C21H15ClN4O2/c22-16-8-5-13(6-9-16)20-24-17-10-7-14(11-18(17)25-20)21(28)26-23-12-15-3-1-2-4-19(15)27/h1-12,27H,(H,24,25)(H,26,28)/b23-12+. The molecule has 0 aliphatic carbocycles. The summed E-state index contributed by atoms with van der Waals surface area (Å²) in [5.74, 6) is 0.423. The molecule has 4 rings (SSSR count). The lowest BCUT2D eigenvalue weighted by molar-refractivity contribution is 0.0955. The third-order valence-electron chi connectivity index (χ3n) is 4.17. The molecule has 0 saturated heterocycles. The maximum absolute atomic E-state index is 12.3. The van der Waals surface area contributed by atoms with Crippen LogP contribution in [0.4, 0.5) is 0 Å². The molecule has 0 unspecified atom stereocenters. The van der Waals surface area contributed by atoms with Crippen LogP contribution < -0.4 is 5.43 Å². The van der Waals surface area contributed by atoms with Crippen molar-refractivity contribution in [2.45, 2.75) is 0 Å². The van der Waals surface area contributed by atoms with E-state index in [0.717, 1.165) is 16.6 Å². The molecule has 1 aromatic heterocycles. The largest absolute Gasteiger partial charge is 0.507 e. The number of aromatic hydroxyl groups is 1. The summed E-state index contributed by atoms with van der Waals surface area (Å²) in [7, 11) is 0. The third-order valence-corrected chi connectivity index (χ3v) is 4.42. The Morgan fingerprint density at radius 2 is 1.89 bits per heavy atom. The first-order valence-corrected chi connectivity index (χ1v) is 8.85. The second kappa shape index (κ2) is 7.54. The van der Waals surface area contributed by atoms with Gasteiger partial charge in [0.05, 0.1) is 17.2 Å². The van der Waals surface area contributed by atoms with Gasteiger partial charge in [-0.15, -0.1) is 0 Å². The Bertz CT molecular complexity index is 1180. The molecular weight excluding hydrogens is 376 g/mol. The van der Waals surface area contributed by atoms with Crippen molar-refractivity contribution < 1.29 is 9.90 Å². The molecule has 3 N–H and O–H groups in total. The van der Waals surface area contributed by atoms with Crippen molar-refractivity contribution >= 4 is 34.8 Å². The van der Waals surface area contributed by atoms with E-state index in [1.165, 1.54) is 6.21 Å². The molecule has 0 aliphatic rings. The average molecular weight is 391 g/mol. The minimum Gasteiger partial charge on any atom is -0.507 e. The van der Waals surface area contributed by atoms with Crippen LogP contribution >= 0.6 is 11.6 Å². The number of carbonyl (C=O) groups excluding carboxylic acids is 1. The van der Waals surface area contributed by atoms with E-state index >= 15 is 0 Å². The first-order chi connectivity index (χ1) is 13.6. The Balaban J connectivity index is 1.53. The number of imidazole rings is 1. The van der Waals surface area contributed by atoms with Crippen LogP contribution in [0, 0.1) is 0 Å². The summed E-state index contributed by atoms with van der Waals surface area (Å²) in [6, 6.07) is 19.2. The van der Waals surface area contributed by atoms with Gasteiger partial charge >= 0.3 is 0 Å². The van der Waals surface area contributed by atoms with E-state index < -0.39 is 0 Å². The number of para-hydroxylation sites is 1. The van der Waals surface area contributed by atoms with Crippen LogP contribution in [0.25, 0.3) is 22.4 Å². The molecule has 0 aliphatic heterocycles. The number of benzene rings is 3. The number of aromatic amines is 1. The van der Waals surface area contributed by atoms with Crippen LogP contribution in [0.1, 0.15) is 15.9 Å². The molecule has 0 atom stereocenters. The number of rotatable bonds is 4. The van der Waals surface area contributed by atoms with Gasteiger partial charge < -0.3 is 10.1 Å². The fourth-order valence-corrected chi connectivity index (χ4v) is 2.84. The van der Waals surface area contributed by atoms with Crippen molar-refractivity contribution in [3.63, 3.8) is 0 Å². The zero-order chi connectivity index (χ0) is 19.5. The SMILES string of the molecule is O=C(N/N=C/c1ccccc1O)c1ccc2nc(-c3ccc(Cl)cc3)[nH]c2c1. The van der Waals surface area contributed by atoms with E-state index in [-0.39, 0.29) is 11.7 Å². The van der Waals surface area contributed by atoms with Crippen LogP contribution in [0.2, 0.25) is 5.02 Å². The van der Waals surface area contributed by atoms with Gasteiger partial charge in [-0.3, -0.25) is 4.79 Å². The number of hydrogen-bond donors (Lipinski definition) is 3. The summed E-state index contributed by atoms with van der Waals surface area (Å²) in [5, 5.41) is 14.3. The lowest BCUT2D eigenvalue weighted by Gasteiger charge is -2.00. The Morgan fingerprint density at radius 1 is 1.11 bits per heavy atom. The number of phenols is 1. The van der Waals surface area contributed by atoms with Gasteiger partial charge in [-0.2, -0.15) is 5.10 Å². The lowest BCUT2D eigenvalue weighted by Crippen LogP contribution is -2.17. The van der Waals surface area contributed by atoms with Crippen LogP contribution in [0.5, 0.6) is 5.75 Å². The highest BCUT2D eigenvalue weighted by molar-refractivity contribution is 6.30. The molecule has 4 aromatic rings.